The molecule has 0 fully saturated rings. The van der Waals surface area contributed by atoms with E-state index in [4.69, 9.17) is 10.8 Å². The minimum atomic E-state index is -2.79. The number of amides is 1. The first-order valence-electron chi connectivity index (χ1n) is 3.74. The van der Waals surface area contributed by atoms with Gasteiger partial charge in [-0.3, -0.25) is 9.78 Å². The Balaban J connectivity index is 3.20. The van der Waals surface area contributed by atoms with E-state index in [1.54, 1.807) is 0 Å². The van der Waals surface area contributed by atoms with Gasteiger partial charge in [-0.1, -0.05) is 0 Å². The minimum Gasteiger partial charge on any atom is -0.390 e. The topological polar surface area (TPSA) is 76.2 Å². The summed E-state index contributed by atoms with van der Waals surface area (Å²) in [6, 6.07) is 0.936. The van der Waals surface area contributed by atoms with Crippen molar-refractivity contribution in [2.24, 2.45) is 5.73 Å². The Labute approximate surface area is 78.4 Å². The molecule has 1 aromatic heterocycles. The van der Waals surface area contributed by atoms with Crippen molar-refractivity contribution in [3.63, 3.8) is 0 Å². The van der Waals surface area contributed by atoms with E-state index in [9.17, 15) is 13.6 Å². The summed E-state index contributed by atoms with van der Waals surface area (Å²) in [5.41, 5.74) is 4.17. The molecule has 14 heavy (non-hydrogen) atoms. The normalized spacial score (nSPS) is 10.6. The predicted octanol–water partition coefficient (Wildman–Crippen LogP) is 0.610. The monoisotopic (exact) mass is 202 g/mol. The van der Waals surface area contributed by atoms with Gasteiger partial charge in [0, 0.05) is 11.8 Å². The van der Waals surface area contributed by atoms with Gasteiger partial charge in [-0.15, -0.1) is 0 Å². The maximum atomic E-state index is 12.4. The van der Waals surface area contributed by atoms with E-state index in [0.29, 0.717) is 0 Å². The number of aromatic nitrogens is 1. The molecule has 4 nitrogen and oxygen atoms in total. The highest BCUT2D eigenvalue weighted by atomic mass is 19.3. The van der Waals surface area contributed by atoms with Gasteiger partial charge in [0.25, 0.3) is 6.43 Å². The van der Waals surface area contributed by atoms with Crippen LogP contribution in [0.25, 0.3) is 0 Å². The number of rotatable bonds is 3. The number of nitrogens with two attached hydrogens (primary N) is 1. The molecule has 0 spiro atoms. The Hall–Kier alpha value is -1.56. The molecule has 1 heterocycles. The van der Waals surface area contributed by atoms with E-state index >= 15 is 0 Å². The van der Waals surface area contributed by atoms with Crippen LogP contribution in [0.1, 0.15) is 28.0 Å². The Morgan fingerprint density at radius 1 is 1.64 bits per heavy atom. The summed E-state index contributed by atoms with van der Waals surface area (Å²) in [4.78, 5) is 14.2. The average molecular weight is 202 g/mol. The van der Waals surface area contributed by atoms with Crippen LogP contribution in [0.15, 0.2) is 12.3 Å². The number of alkyl halides is 2. The van der Waals surface area contributed by atoms with Crippen molar-refractivity contribution in [3.8, 4) is 0 Å². The molecule has 0 aliphatic carbocycles. The summed E-state index contributed by atoms with van der Waals surface area (Å²) in [7, 11) is 0. The molecule has 0 aliphatic heterocycles. The zero-order valence-corrected chi connectivity index (χ0v) is 7.08. The van der Waals surface area contributed by atoms with E-state index in [-0.39, 0.29) is 11.3 Å². The SMILES string of the molecule is NC(=O)c1cnc(CO)c(C(F)F)c1. The number of aliphatic hydroxyl groups excluding tert-OH is 1. The fraction of sp³-hybridized carbons (Fsp3) is 0.250. The summed E-state index contributed by atoms with van der Waals surface area (Å²) < 4.78 is 24.7. The van der Waals surface area contributed by atoms with Crippen molar-refractivity contribution in [2.45, 2.75) is 13.0 Å². The van der Waals surface area contributed by atoms with Crippen molar-refractivity contribution in [3.05, 3.63) is 29.1 Å². The summed E-state index contributed by atoms with van der Waals surface area (Å²) in [6.45, 7) is -0.598. The van der Waals surface area contributed by atoms with E-state index < -0.39 is 24.5 Å². The van der Waals surface area contributed by atoms with Crippen LogP contribution in [0.3, 0.4) is 0 Å². The lowest BCUT2D eigenvalue weighted by atomic mass is 10.1. The molecule has 3 N–H and O–H groups in total. The molecule has 0 aromatic carbocycles. The molecule has 76 valence electrons. The second kappa shape index (κ2) is 4.10. The Bertz CT molecular complexity index is 355. The molecule has 0 bridgehead atoms. The zero-order chi connectivity index (χ0) is 10.7. The lowest BCUT2D eigenvalue weighted by Gasteiger charge is -2.06. The molecule has 1 amide bonds. The highest BCUT2D eigenvalue weighted by Gasteiger charge is 2.15. The fourth-order valence-electron chi connectivity index (χ4n) is 0.966. The first-order chi connectivity index (χ1) is 6.56. The van der Waals surface area contributed by atoms with E-state index in [1.807, 2.05) is 0 Å². The number of carbonyl (C=O) groups excluding carboxylic acids is 1. The number of carbonyl (C=O) groups is 1. The van der Waals surface area contributed by atoms with Gasteiger partial charge in [-0.05, 0) is 6.07 Å². The van der Waals surface area contributed by atoms with E-state index in [0.717, 1.165) is 12.3 Å². The summed E-state index contributed by atoms with van der Waals surface area (Å²) in [6.07, 6.45) is -1.73. The van der Waals surface area contributed by atoms with Crippen LogP contribution in [-0.2, 0) is 6.61 Å². The number of hydrogen-bond acceptors (Lipinski definition) is 3. The third-order valence-corrected chi connectivity index (χ3v) is 1.67. The molecule has 0 radical (unpaired) electrons. The van der Waals surface area contributed by atoms with E-state index in [1.165, 1.54) is 0 Å². The molecular formula is C8H8F2N2O2. The number of nitrogens with zero attached hydrogens (tertiary/aromatic N) is 1. The first kappa shape index (κ1) is 10.5. The van der Waals surface area contributed by atoms with Crippen LogP contribution < -0.4 is 5.73 Å². The van der Waals surface area contributed by atoms with E-state index in [2.05, 4.69) is 4.98 Å². The van der Waals surface area contributed by atoms with Crippen molar-refractivity contribution in [1.29, 1.82) is 0 Å². The molecule has 0 saturated carbocycles. The van der Waals surface area contributed by atoms with Gasteiger partial charge in [0.05, 0.1) is 17.9 Å². The predicted molar refractivity (Wildman–Crippen MR) is 43.6 cm³/mol. The number of pyridine rings is 1. The number of halogens is 2. The molecule has 0 atom stereocenters. The van der Waals surface area contributed by atoms with Gasteiger partial charge < -0.3 is 10.8 Å². The Morgan fingerprint density at radius 3 is 2.71 bits per heavy atom. The Kier molecular flexibility index (Phi) is 3.08. The Morgan fingerprint density at radius 2 is 2.29 bits per heavy atom. The van der Waals surface area contributed by atoms with Crippen LogP contribution in [0.4, 0.5) is 8.78 Å². The quantitative estimate of drug-likeness (QED) is 0.753. The van der Waals surface area contributed by atoms with Crippen molar-refractivity contribution >= 4 is 5.91 Å². The maximum absolute atomic E-state index is 12.4. The van der Waals surface area contributed by atoms with Crippen LogP contribution in [0, 0.1) is 0 Å². The molecule has 0 unspecified atom stereocenters. The second-order valence-electron chi connectivity index (χ2n) is 2.58. The van der Waals surface area contributed by atoms with Gasteiger partial charge >= 0.3 is 0 Å². The molecule has 1 rings (SSSR count). The smallest absolute Gasteiger partial charge is 0.265 e. The van der Waals surface area contributed by atoms with Crippen LogP contribution in [-0.4, -0.2) is 16.0 Å². The first-order valence-corrected chi connectivity index (χ1v) is 3.74. The van der Waals surface area contributed by atoms with Crippen molar-refractivity contribution in [2.75, 3.05) is 0 Å². The van der Waals surface area contributed by atoms with Gasteiger partial charge in [-0.2, -0.15) is 0 Å². The van der Waals surface area contributed by atoms with Gasteiger partial charge in [-0.25, -0.2) is 8.78 Å². The third kappa shape index (κ3) is 2.02. The lowest BCUT2D eigenvalue weighted by molar-refractivity contribution is 0.0999. The van der Waals surface area contributed by atoms with Crippen molar-refractivity contribution in [1.82, 2.24) is 4.98 Å². The summed E-state index contributed by atoms with van der Waals surface area (Å²) >= 11 is 0. The maximum Gasteiger partial charge on any atom is 0.265 e. The minimum absolute atomic E-state index is 0.0995. The second-order valence-corrected chi connectivity index (χ2v) is 2.58. The van der Waals surface area contributed by atoms with Crippen LogP contribution in [0.2, 0.25) is 0 Å². The molecule has 1 aromatic rings. The average Bonchev–Trinajstić information content (AvgIpc) is 2.16. The summed E-state index contributed by atoms with van der Waals surface area (Å²) in [5, 5.41) is 8.68. The molecular weight excluding hydrogens is 194 g/mol. The molecule has 0 saturated heterocycles. The summed E-state index contributed by atoms with van der Waals surface area (Å²) in [5.74, 6) is -0.830. The van der Waals surface area contributed by atoms with Gasteiger partial charge in [0.2, 0.25) is 5.91 Å². The van der Waals surface area contributed by atoms with Crippen LogP contribution in [0.5, 0.6) is 0 Å². The molecule has 6 heteroatoms. The van der Waals surface area contributed by atoms with Gasteiger partial charge in [0.15, 0.2) is 0 Å². The lowest BCUT2D eigenvalue weighted by Crippen LogP contribution is -2.13. The highest BCUT2D eigenvalue weighted by molar-refractivity contribution is 5.92. The van der Waals surface area contributed by atoms with Gasteiger partial charge in [0.1, 0.15) is 0 Å². The van der Waals surface area contributed by atoms with Crippen molar-refractivity contribution < 1.29 is 18.7 Å². The number of aliphatic hydroxyl groups is 1. The highest BCUT2D eigenvalue weighted by Crippen LogP contribution is 2.22. The largest absolute Gasteiger partial charge is 0.390 e. The standard InChI is InChI=1S/C8H8F2N2O2/c9-7(10)5-1-4(8(11)14)2-12-6(5)3-13/h1-2,7,13H,3H2,(H2,11,14). The molecule has 0 aliphatic rings. The van der Waals surface area contributed by atoms with Crippen LogP contribution >= 0.6 is 0 Å². The number of hydrogen-bond donors (Lipinski definition) is 2. The number of primary amides is 1. The third-order valence-electron chi connectivity index (χ3n) is 1.67. The zero-order valence-electron chi connectivity index (χ0n) is 7.08. The fourth-order valence-corrected chi connectivity index (χ4v) is 0.966.